The van der Waals surface area contributed by atoms with Crippen molar-refractivity contribution in [3.63, 3.8) is 0 Å². The van der Waals surface area contributed by atoms with Gasteiger partial charge in [-0.05, 0) is 101 Å². The van der Waals surface area contributed by atoms with Crippen LogP contribution in [0.5, 0.6) is 11.5 Å². The first-order chi connectivity index (χ1) is 20.3. The zero-order valence-electron chi connectivity index (χ0n) is 25.8. The predicted molar refractivity (Wildman–Crippen MR) is 156 cm³/mol. The summed E-state index contributed by atoms with van der Waals surface area (Å²) in [5.41, 5.74) is -1.45. The monoisotopic (exact) mass is 599 g/mol. The summed E-state index contributed by atoms with van der Waals surface area (Å²) >= 11 is 0. The fourth-order valence-corrected chi connectivity index (χ4v) is 7.30. The predicted octanol–water partition coefficient (Wildman–Crippen LogP) is 3.75. The van der Waals surface area contributed by atoms with Crippen molar-refractivity contribution in [3.05, 3.63) is 35.1 Å². The lowest BCUT2D eigenvalue weighted by Crippen LogP contribution is -2.49. The third-order valence-corrected chi connectivity index (χ3v) is 10.1. The van der Waals surface area contributed by atoms with Crippen molar-refractivity contribution in [1.29, 1.82) is 0 Å². The van der Waals surface area contributed by atoms with E-state index in [1.165, 1.54) is 0 Å². The minimum atomic E-state index is -2.13. The minimum absolute atomic E-state index is 0.0273. The Labute approximate surface area is 253 Å². The normalized spacial score (nSPS) is 28.1. The van der Waals surface area contributed by atoms with E-state index in [1.807, 2.05) is 19.1 Å². The van der Waals surface area contributed by atoms with Gasteiger partial charge in [-0.1, -0.05) is 6.92 Å². The highest BCUT2D eigenvalue weighted by molar-refractivity contribution is 5.86. The topological polar surface area (TPSA) is 124 Å². The second-order valence-electron chi connectivity index (χ2n) is 14.1. The molecule has 1 aromatic carbocycles. The van der Waals surface area contributed by atoms with E-state index in [4.69, 9.17) is 23.7 Å². The van der Waals surface area contributed by atoms with Gasteiger partial charge in [0.2, 0.25) is 6.79 Å². The van der Waals surface area contributed by atoms with Crippen LogP contribution in [0.1, 0.15) is 89.2 Å². The molecule has 10 heteroatoms. The van der Waals surface area contributed by atoms with Crippen molar-refractivity contribution < 1.29 is 43.5 Å². The van der Waals surface area contributed by atoms with Gasteiger partial charge in [0.1, 0.15) is 5.76 Å². The first-order valence-corrected chi connectivity index (χ1v) is 15.6. The molecule has 0 bridgehead atoms. The Bertz CT molecular complexity index is 1300. The standard InChI is InChI=1S/C33H45NO9/c1-30(2,37)8-5-10-33(38,18-26(35)40-19-31(3)11-12-31)29(36)43-28-25(39-4)17-32-9-6-13-34(32)14-7-21-15-23-24(42-20-41-23)16-22(21)27(28)32/h15-17,27-28,37-38H,5-14,18-20H2,1-4H3. The van der Waals surface area contributed by atoms with Crippen LogP contribution in [0.2, 0.25) is 0 Å². The lowest BCUT2D eigenvalue weighted by molar-refractivity contribution is -0.179. The lowest BCUT2D eigenvalue weighted by Gasteiger charge is -2.39. The maximum Gasteiger partial charge on any atom is 0.339 e. The van der Waals surface area contributed by atoms with Crippen LogP contribution in [0, 0.1) is 5.41 Å². The Balaban J connectivity index is 1.30. The molecule has 4 atom stereocenters. The molecule has 43 heavy (non-hydrogen) atoms. The fraction of sp³-hybridized carbons (Fsp3) is 0.697. The molecule has 3 aliphatic heterocycles. The number of nitrogens with zero attached hydrogens (tertiary/aromatic N) is 1. The fourth-order valence-electron chi connectivity index (χ4n) is 7.30. The highest BCUT2D eigenvalue weighted by atomic mass is 16.7. The SMILES string of the molecule is COC1=CC23CCCN2CCc2cc4c(cc2C3C1OC(=O)C(O)(CCCC(C)(C)O)CC(=O)OCC1(C)CC1)OCO4. The van der Waals surface area contributed by atoms with E-state index in [9.17, 15) is 19.8 Å². The summed E-state index contributed by atoms with van der Waals surface area (Å²) in [7, 11) is 1.57. The number of hydrogen-bond acceptors (Lipinski definition) is 10. The summed E-state index contributed by atoms with van der Waals surface area (Å²) in [5.74, 6) is 0.0596. The minimum Gasteiger partial charge on any atom is -0.497 e. The van der Waals surface area contributed by atoms with Gasteiger partial charge in [-0.3, -0.25) is 9.69 Å². The molecule has 10 nitrogen and oxygen atoms in total. The van der Waals surface area contributed by atoms with Gasteiger partial charge >= 0.3 is 11.9 Å². The van der Waals surface area contributed by atoms with Crippen LogP contribution in [0.3, 0.4) is 0 Å². The quantitative estimate of drug-likeness (QED) is 0.364. The highest BCUT2D eigenvalue weighted by Crippen LogP contribution is 2.56. The maximum absolute atomic E-state index is 14.1. The Morgan fingerprint density at radius 2 is 1.84 bits per heavy atom. The molecule has 236 valence electrons. The third kappa shape index (κ3) is 5.85. The van der Waals surface area contributed by atoms with E-state index < -0.39 is 41.2 Å². The van der Waals surface area contributed by atoms with Crippen LogP contribution in [0.15, 0.2) is 24.0 Å². The van der Waals surface area contributed by atoms with Crippen molar-refractivity contribution in [2.45, 2.75) is 107 Å². The van der Waals surface area contributed by atoms with E-state index in [0.29, 0.717) is 30.1 Å². The zero-order chi connectivity index (χ0) is 30.6. The van der Waals surface area contributed by atoms with Crippen LogP contribution < -0.4 is 9.47 Å². The van der Waals surface area contributed by atoms with E-state index in [-0.39, 0.29) is 31.2 Å². The number of aliphatic hydroxyl groups is 2. The van der Waals surface area contributed by atoms with E-state index >= 15 is 0 Å². The summed E-state index contributed by atoms with van der Waals surface area (Å²) in [6.07, 6.45) is 5.98. The van der Waals surface area contributed by atoms with Gasteiger partial charge in [-0.25, -0.2) is 4.79 Å². The molecular weight excluding hydrogens is 554 g/mol. The number of ether oxygens (including phenoxy) is 5. The Kier molecular flexibility index (Phi) is 7.70. The highest BCUT2D eigenvalue weighted by Gasteiger charge is 2.59. The van der Waals surface area contributed by atoms with Gasteiger partial charge in [-0.15, -0.1) is 0 Å². The second-order valence-corrected chi connectivity index (χ2v) is 14.1. The first kappa shape index (κ1) is 30.2. The molecule has 4 unspecified atom stereocenters. The van der Waals surface area contributed by atoms with Crippen molar-refractivity contribution in [3.8, 4) is 11.5 Å². The summed E-state index contributed by atoms with van der Waals surface area (Å²) < 4.78 is 29.1. The molecule has 0 aromatic heterocycles. The molecule has 2 aliphatic carbocycles. The Hall–Kier alpha value is -2.82. The van der Waals surface area contributed by atoms with Crippen LogP contribution in [0.25, 0.3) is 0 Å². The number of benzene rings is 1. The number of carbonyl (C=O) groups is 2. The van der Waals surface area contributed by atoms with E-state index in [2.05, 4.69) is 11.0 Å². The van der Waals surface area contributed by atoms with Gasteiger partial charge in [0, 0.05) is 12.0 Å². The second kappa shape index (κ2) is 11.0. The molecule has 1 saturated carbocycles. The summed E-state index contributed by atoms with van der Waals surface area (Å²) in [5, 5.41) is 22.1. The Morgan fingerprint density at radius 3 is 2.53 bits per heavy atom. The summed E-state index contributed by atoms with van der Waals surface area (Å²) in [6.45, 7) is 7.55. The van der Waals surface area contributed by atoms with Crippen LogP contribution in [0.4, 0.5) is 0 Å². The smallest absolute Gasteiger partial charge is 0.339 e. The summed E-state index contributed by atoms with van der Waals surface area (Å²) in [4.78, 5) is 29.4. The molecular formula is C33H45NO9. The largest absolute Gasteiger partial charge is 0.497 e. The molecule has 5 aliphatic rings. The van der Waals surface area contributed by atoms with Crippen molar-refractivity contribution in [1.82, 2.24) is 4.90 Å². The van der Waals surface area contributed by atoms with Gasteiger partial charge < -0.3 is 33.9 Å². The number of rotatable bonds is 11. The molecule has 0 radical (unpaired) electrons. The van der Waals surface area contributed by atoms with Crippen LogP contribution in [-0.2, 0) is 30.2 Å². The number of carbonyl (C=O) groups excluding carboxylic acids is 2. The van der Waals surface area contributed by atoms with Crippen molar-refractivity contribution in [2.75, 3.05) is 33.6 Å². The average molecular weight is 600 g/mol. The zero-order valence-corrected chi connectivity index (χ0v) is 25.8. The van der Waals surface area contributed by atoms with Gasteiger partial charge in [0.15, 0.2) is 23.2 Å². The van der Waals surface area contributed by atoms with Crippen LogP contribution in [-0.4, -0.2) is 83.5 Å². The molecule has 3 heterocycles. The van der Waals surface area contributed by atoms with Gasteiger partial charge in [-0.2, -0.15) is 0 Å². The molecule has 1 aromatic rings. The number of hydrogen-bond donors (Lipinski definition) is 2. The molecule has 1 spiro atoms. The molecule has 6 rings (SSSR count). The molecule has 2 N–H and O–H groups in total. The first-order valence-electron chi connectivity index (χ1n) is 15.6. The molecule has 1 saturated heterocycles. The number of fused-ring (bicyclic) bond motifs is 3. The van der Waals surface area contributed by atoms with E-state index in [0.717, 1.165) is 56.3 Å². The maximum atomic E-state index is 14.1. The molecule has 0 amide bonds. The number of methoxy groups -OCH3 is 1. The van der Waals surface area contributed by atoms with Gasteiger partial charge in [0.05, 0.1) is 37.2 Å². The van der Waals surface area contributed by atoms with E-state index in [1.54, 1.807) is 21.0 Å². The van der Waals surface area contributed by atoms with Gasteiger partial charge in [0.25, 0.3) is 0 Å². The lowest BCUT2D eigenvalue weighted by atomic mass is 9.77. The van der Waals surface area contributed by atoms with Crippen LogP contribution >= 0.6 is 0 Å². The average Bonchev–Trinajstić information content (AvgIpc) is 3.24. The third-order valence-electron chi connectivity index (χ3n) is 10.1. The summed E-state index contributed by atoms with van der Waals surface area (Å²) in [6, 6.07) is 4.03. The molecule has 2 fully saturated rings. The number of esters is 2. The Morgan fingerprint density at radius 1 is 1.09 bits per heavy atom. The van der Waals surface area contributed by atoms with Crippen molar-refractivity contribution >= 4 is 11.9 Å². The van der Waals surface area contributed by atoms with Crippen molar-refractivity contribution in [2.24, 2.45) is 5.41 Å².